The largest absolute Gasteiger partial charge is 0.396 e. The third-order valence-electron chi connectivity index (χ3n) is 9.18. The summed E-state index contributed by atoms with van der Waals surface area (Å²) in [4.78, 5) is 0. The van der Waals surface area contributed by atoms with Gasteiger partial charge in [-0.15, -0.1) is 0 Å². The van der Waals surface area contributed by atoms with Gasteiger partial charge in [-0.2, -0.15) is 39.8 Å². The lowest BCUT2D eigenvalue weighted by Crippen LogP contribution is -2.58. The van der Waals surface area contributed by atoms with Crippen LogP contribution in [0.5, 0.6) is 0 Å². The summed E-state index contributed by atoms with van der Waals surface area (Å²) in [6.45, 7) is -1.93. The lowest BCUT2D eigenvalue weighted by molar-refractivity contribution is -0.280. The molecule has 3 aliphatic carbocycles. The fraction of sp³-hybridized carbons (Fsp3) is 0.800. The number of thioether (sulfide) groups is 1. The van der Waals surface area contributed by atoms with Gasteiger partial charge in [0.2, 0.25) is 0 Å². The van der Waals surface area contributed by atoms with Crippen LogP contribution in [-0.2, 0) is 5.75 Å². The minimum Gasteiger partial charge on any atom is -0.389 e. The molecule has 2 nitrogen and oxygen atoms in total. The van der Waals surface area contributed by atoms with E-state index in [0.29, 0.717) is 16.2 Å². The molecule has 0 saturated heterocycles. The summed E-state index contributed by atoms with van der Waals surface area (Å²) < 4.78 is 115. The van der Waals surface area contributed by atoms with E-state index < -0.39 is 58.5 Å². The van der Waals surface area contributed by atoms with Crippen LogP contribution in [-0.4, -0.2) is 34.2 Å². The molecule has 12 heteroatoms. The summed E-state index contributed by atoms with van der Waals surface area (Å²) >= 11 is -1.75. The molecular weight excluding hydrogens is 606 g/mol. The number of nitrogens with one attached hydrogen (secondary N) is 1. The molecule has 0 amide bonds. The minimum absolute atomic E-state index is 0.0922. The molecule has 1 aromatic carbocycles. The molecule has 4 rings (SSSR count). The fourth-order valence-electron chi connectivity index (χ4n) is 6.81. The Labute approximate surface area is 251 Å². The summed E-state index contributed by atoms with van der Waals surface area (Å²) in [6, 6.07) is -1.49. The highest BCUT2D eigenvalue weighted by Crippen LogP contribution is 2.54. The van der Waals surface area contributed by atoms with E-state index in [1.807, 2.05) is 0 Å². The molecule has 0 aliphatic heterocycles. The van der Waals surface area contributed by atoms with Crippen molar-refractivity contribution in [2.24, 2.45) is 0 Å². The molecule has 2 N–H and O–H groups in total. The topological polar surface area (TPSA) is 32.3 Å². The Balaban J connectivity index is 1.68. The van der Waals surface area contributed by atoms with Crippen molar-refractivity contribution in [3.05, 3.63) is 34.4 Å². The van der Waals surface area contributed by atoms with Crippen molar-refractivity contribution >= 4 is 23.7 Å². The summed E-state index contributed by atoms with van der Waals surface area (Å²) in [7, 11) is 0. The first-order valence-corrected chi connectivity index (χ1v) is 17.0. The molecule has 0 heterocycles. The van der Waals surface area contributed by atoms with E-state index in [2.05, 4.69) is 12.1 Å². The zero-order valence-electron chi connectivity index (χ0n) is 23.7. The van der Waals surface area contributed by atoms with Crippen LogP contribution in [0.4, 0.5) is 35.1 Å². The first-order valence-electron chi connectivity index (χ1n) is 15.2. The second-order valence-electron chi connectivity index (χ2n) is 12.1. The number of benzene rings is 1. The monoisotopic (exact) mass is 647 g/mol. The molecule has 3 aliphatic rings. The van der Waals surface area contributed by atoms with Crippen molar-refractivity contribution in [1.29, 1.82) is 0 Å². The smallest absolute Gasteiger partial charge is 0.389 e. The quantitative estimate of drug-likeness (QED) is 0.134. The first kappa shape index (κ1) is 34.2. The molecule has 1 aromatic rings. The number of aliphatic hydroxyl groups excluding tert-OH is 1. The maximum atomic E-state index is 15.0. The summed E-state index contributed by atoms with van der Waals surface area (Å²) in [5, 5.41) is -0.990. The van der Waals surface area contributed by atoms with Gasteiger partial charge >= 0.3 is 22.5 Å². The molecule has 240 valence electrons. The molecule has 0 radical (unpaired) electrons. The highest BCUT2D eigenvalue weighted by Gasteiger charge is 2.72. The van der Waals surface area contributed by atoms with Gasteiger partial charge in [-0.25, -0.2) is 0 Å². The SMILES string of the molecule is OCC(F)(F)SNC(F)(F)C(F)(F)C(F)(F)SCc1c(C2CCCCC2)cc(C2CCCCC2)cc1C1CCCCC1. The molecule has 42 heavy (non-hydrogen) atoms. The normalized spacial score (nSPS) is 21.2. The van der Waals surface area contributed by atoms with E-state index in [4.69, 9.17) is 5.11 Å². The molecule has 3 saturated carbocycles. The lowest BCUT2D eigenvalue weighted by Gasteiger charge is -2.35. The van der Waals surface area contributed by atoms with Crippen LogP contribution in [0.25, 0.3) is 0 Å². The van der Waals surface area contributed by atoms with Crippen LogP contribution in [0.1, 0.15) is 136 Å². The summed E-state index contributed by atoms with van der Waals surface area (Å²) in [6.07, 6.45) is 15.0. The third kappa shape index (κ3) is 7.91. The number of halogens is 8. The van der Waals surface area contributed by atoms with Crippen molar-refractivity contribution < 1.29 is 40.2 Å². The van der Waals surface area contributed by atoms with Crippen LogP contribution in [0.2, 0.25) is 0 Å². The molecule has 0 atom stereocenters. The van der Waals surface area contributed by atoms with E-state index in [1.54, 1.807) is 0 Å². The average Bonchev–Trinajstić information content (AvgIpc) is 3.00. The second kappa shape index (κ2) is 14.1. The van der Waals surface area contributed by atoms with Crippen LogP contribution >= 0.6 is 23.7 Å². The van der Waals surface area contributed by atoms with E-state index in [9.17, 15) is 26.3 Å². The van der Waals surface area contributed by atoms with Gasteiger partial charge in [0, 0.05) is 17.7 Å². The van der Waals surface area contributed by atoms with Gasteiger partial charge in [0.1, 0.15) is 6.61 Å². The predicted molar refractivity (Wildman–Crippen MR) is 153 cm³/mol. The number of rotatable bonds is 12. The van der Waals surface area contributed by atoms with Crippen molar-refractivity contribution in [1.82, 2.24) is 4.72 Å². The van der Waals surface area contributed by atoms with E-state index >= 15 is 8.78 Å². The maximum absolute atomic E-state index is 15.0. The van der Waals surface area contributed by atoms with E-state index in [1.165, 1.54) is 12.0 Å². The second-order valence-corrected chi connectivity index (χ2v) is 14.2. The molecule has 3 fully saturated rings. The van der Waals surface area contributed by atoms with Gasteiger partial charge in [0.05, 0.1) is 0 Å². The highest BCUT2D eigenvalue weighted by molar-refractivity contribution is 7.99. The number of aliphatic hydroxyl groups is 1. The van der Waals surface area contributed by atoms with Gasteiger partial charge in [-0.3, -0.25) is 0 Å². The molecule has 0 unspecified atom stereocenters. The number of alkyl halides is 8. The Morgan fingerprint density at radius 2 is 1.10 bits per heavy atom. The van der Waals surface area contributed by atoms with E-state index in [-0.39, 0.29) is 11.8 Å². The van der Waals surface area contributed by atoms with Crippen molar-refractivity contribution in [3.8, 4) is 0 Å². The Morgan fingerprint density at radius 3 is 1.52 bits per heavy atom. The maximum Gasteiger partial charge on any atom is 0.396 e. The van der Waals surface area contributed by atoms with Gasteiger partial charge in [0.15, 0.2) is 0 Å². The Morgan fingerprint density at radius 1 is 0.667 bits per heavy atom. The summed E-state index contributed by atoms with van der Waals surface area (Å²) in [5.74, 6) is -6.03. The fourth-order valence-corrected chi connectivity index (χ4v) is 8.25. The zero-order chi connectivity index (χ0) is 30.6. The van der Waals surface area contributed by atoms with Crippen molar-refractivity contribution in [2.75, 3.05) is 6.61 Å². The molecule has 0 bridgehead atoms. The van der Waals surface area contributed by atoms with Crippen molar-refractivity contribution in [2.45, 2.75) is 142 Å². The van der Waals surface area contributed by atoms with Gasteiger partial charge in [0.25, 0.3) is 0 Å². The van der Waals surface area contributed by atoms with Crippen molar-refractivity contribution in [3.63, 3.8) is 0 Å². The van der Waals surface area contributed by atoms with Crippen LogP contribution < -0.4 is 4.72 Å². The highest BCUT2D eigenvalue weighted by atomic mass is 32.2. The number of hydrogen-bond acceptors (Lipinski definition) is 4. The Kier molecular flexibility index (Phi) is 11.5. The molecule has 0 aromatic heterocycles. The van der Waals surface area contributed by atoms with E-state index in [0.717, 1.165) is 101 Å². The van der Waals surface area contributed by atoms with Crippen LogP contribution in [0.3, 0.4) is 0 Å². The zero-order valence-corrected chi connectivity index (χ0v) is 25.3. The molecule has 0 spiro atoms. The predicted octanol–water partition coefficient (Wildman–Crippen LogP) is 10.7. The lowest BCUT2D eigenvalue weighted by atomic mass is 9.74. The van der Waals surface area contributed by atoms with Gasteiger partial charge in [-0.1, -0.05) is 81.7 Å². The Hall–Kier alpha value is -0.720. The molecular formula is C30H41F8NOS2. The van der Waals surface area contributed by atoms with Crippen LogP contribution in [0, 0.1) is 0 Å². The van der Waals surface area contributed by atoms with Gasteiger partial charge in [-0.05, 0) is 78.5 Å². The average molecular weight is 648 g/mol. The summed E-state index contributed by atoms with van der Waals surface area (Å²) in [5.41, 5.74) is 3.53. The Bertz CT molecular complexity index is 984. The first-order chi connectivity index (χ1) is 19.8. The minimum atomic E-state index is -5.98. The van der Waals surface area contributed by atoms with Gasteiger partial charge < -0.3 is 5.11 Å². The standard InChI is InChI=1S/C30H41F8NOS2/c31-27(32,19-40)42-39-29(35,36)28(33,34)30(37,38)41-18-26-24(21-12-6-2-7-13-21)16-23(20-10-4-1-5-11-20)17-25(26)22-14-8-3-9-15-22/h16-17,20-22,39-40H,1-15,18-19H2. The number of hydrogen-bond donors (Lipinski definition) is 2. The third-order valence-corrected chi connectivity index (χ3v) is 11.0. The van der Waals surface area contributed by atoms with Crippen LogP contribution in [0.15, 0.2) is 12.1 Å².